The van der Waals surface area contributed by atoms with Crippen LogP contribution >= 0.6 is 0 Å². The second-order valence-corrected chi connectivity index (χ2v) is 14.9. The highest BCUT2D eigenvalue weighted by atomic mass is 19.4. The maximum Gasteiger partial charge on any atom is 0.417 e. The molecule has 0 N–H and O–H groups in total. The summed E-state index contributed by atoms with van der Waals surface area (Å²) >= 11 is 0. The molecule has 9 aromatic rings. The van der Waals surface area contributed by atoms with Gasteiger partial charge in [-0.3, -0.25) is 0 Å². The highest BCUT2D eigenvalue weighted by Crippen LogP contribution is 2.45. The molecule has 326 valence electrons. The smallest absolute Gasteiger partial charge is 0.309 e. The van der Waals surface area contributed by atoms with Crippen LogP contribution < -0.4 is 0 Å². The first kappa shape index (κ1) is 42.8. The molecule has 2 aromatic heterocycles. The standard InChI is InChI=1S/C49H26F12N4/c50-46(51,52)31-16-19-36(40(25-31)49(59,60)61)29-15-18-38-37-13-7-8-14-41(37)65(42(38)23-29)34-17-20-35(30-21-32(47(53,54)55)24-33(22-30)48(56,57)58)39(26-34)45-63-43(27-9-3-1-4-10-27)62-44(64-45)28-11-5-2-6-12-28/h1-26H. The maximum atomic E-state index is 14.5. The van der Waals surface area contributed by atoms with E-state index in [0.29, 0.717) is 45.6 Å². The van der Waals surface area contributed by atoms with Crippen molar-refractivity contribution in [2.45, 2.75) is 24.7 Å². The van der Waals surface area contributed by atoms with E-state index < -0.39 is 58.1 Å². The number of hydrogen-bond donors (Lipinski definition) is 0. The van der Waals surface area contributed by atoms with Crippen molar-refractivity contribution in [3.8, 4) is 62.1 Å². The first-order chi connectivity index (χ1) is 30.7. The zero-order chi connectivity index (χ0) is 46.1. The number of para-hydroxylation sites is 1. The van der Waals surface area contributed by atoms with Crippen LogP contribution in [0.1, 0.15) is 22.3 Å². The van der Waals surface area contributed by atoms with Gasteiger partial charge in [0.15, 0.2) is 17.5 Å². The molecular weight excluding hydrogens is 873 g/mol. The molecule has 0 aliphatic rings. The topological polar surface area (TPSA) is 43.6 Å². The molecule has 0 radical (unpaired) electrons. The molecular formula is C49H26F12N4. The van der Waals surface area contributed by atoms with E-state index in [1.54, 1.807) is 89.5 Å². The number of nitrogens with zero attached hydrogens (tertiary/aromatic N) is 4. The predicted octanol–water partition coefficient (Wildman–Crippen LogP) is 15.4. The lowest BCUT2D eigenvalue weighted by molar-refractivity contribution is -0.144. The quantitative estimate of drug-likeness (QED) is 0.156. The zero-order valence-electron chi connectivity index (χ0n) is 32.8. The van der Waals surface area contributed by atoms with Gasteiger partial charge in [-0.15, -0.1) is 0 Å². The summed E-state index contributed by atoms with van der Waals surface area (Å²) in [6.45, 7) is 0. The van der Waals surface area contributed by atoms with E-state index >= 15 is 0 Å². The molecule has 2 heterocycles. The molecule has 0 aliphatic carbocycles. The van der Waals surface area contributed by atoms with Gasteiger partial charge in [0.1, 0.15) is 0 Å². The fourth-order valence-corrected chi connectivity index (χ4v) is 7.77. The van der Waals surface area contributed by atoms with E-state index in [2.05, 4.69) is 4.98 Å². The summed E-state index contributed by atoms with van der Waals surface area (Å²) in [5, 5.41) is 1.09. The minimum absolute atomic E-state index is 0.0119. The highest BCUT2D eigenvalue weighted by molar-refractivity contribution is 6.10. The van der Waals surface area contributed by atoms with Gasteiger partial charge in [-0.05, 0) is 76.9 Å². The average Bonchev–Trinajstić information content (AvgIpc) is 3.61. The van der Waals surface area contributed by atoms with Gasteiger partial charge >= 0.3 is 24.7 Å². The van der Waals surface area contributed by atoms with Crippen LogP contribution in [-0.2, 0) is 24.7 Å². The molecule has 16 heteroatoms. The molecule has 0 saturated carbocycles. The maximum absolute atomic E-state index is 14.5. The average molecular weight is 899 g/mol. The molecule has 0 bridgehead atoms. The first-order valence-corrected chi connectivity index (χ1v) is 19.4. The Hall–Kier alpha value is -7.49. The van der Waals surface area contributed by atoms with Crippen molar-refractivity contribution in [1.82, 2.24) is 19.5 Å². The Morgan fingerprint density at radius 2 is 0.846 bits per heavy atom. The zero-order valence-corrected chi connectivity index (χ0v) is 32.8. The summed E-state index contributed by atoms with van der Waals surface area (Å²) in [4.78, 5) is 14.1. The number of rotatable bonds is 6. The lowest BCUT2D eigenvalue weighted by Gasteiger charge is -2.18. The Morgan fingerprint density at radius 1 is 0.323 bits per heavy atom. The van der Waals surface area contributed by atoms with E-state index in [-0.39, 0.29) is 57.5 Å². The van der Waals surface area contributed by atoms with Crippen LogP contribution in [0, 0.1) is 0 Å². The number of aromatic nitrogens is 4. The van der Waals surface area contributed by atoms with Gasteiger partial charge in [0.05, 0.1) is 33.3 Å². The van der Waals surface area contributed by atoms with Gasteiger partial charge in [0.25, 0.3) is 0 Å². The van der Waals surface area contributed by atoms with Gasteiger partial charge in [0, 0.05) is 33.2 Å². The monoisotopic (exact) mass is 898 g/mol. The van der Waals surface area contributed by atoms with Crippen molar-refractivity contribution >= 4 is 21.8 Å². The third kappa shape index (κ3) is 8.27. The third-order valence-electron chi connectivity index (χ3n) is 10.7. The van der Waals surface area contributed by atoms with Gasteiger partial charge in [0.2, 0.25) is 0 Å². The molecule has 0 unspecified atom stereocenters. The molecule has 0 spiro atoms. The SMILES string of the molecule is FC(F)(F)c1cc(-c2ccc(-n3c4ccccc4c4ccc(-c5ccc(C(F)(F)F)cc5C(F)(F)F)cc43)cc2-c2nc(-c3ccccc3)nc(-c3ccccc3)n2)cc(C(F)(F)F)c1. The number of alkyl halides is 12. The summed E-state index contributed by atoms with van der Waals surface area (Å²) < 4.78 is 172. The molecule has 7 aromatic carbocycles. The summed E-state index contributed by atoms with van der Waals surface area (Å²) in [5.74, 6) is 0.0789. The Balaban J connectivity index is 1.35. The van der Waals surface area contributed by atoms with E-state index in [9.17, 15) is 52.7 Å². The van der Waals surface area contributed by atoms with Crippen LogP contribution in [0.3, 0.4) is 0 Å². The molecule has 0 fully saturated rings. The van der Waals surface area contributed by atoms with E-state index in [4.69, 9.17) is 9.97 Å². The Kier molecular flexibility index (Phi) is 10.3. The third-order valence-corrected chi connectivity index (χ3v) is 10.7. The fourth-order valence-electron chi connectivity index (χ4n) is 7.77. The van der Waals surface area contributed by atoms with Crippen LogP contribution in [0.5, 0.6) is 0 Å². The Labute approximate surface area is 360 Å². The van der Waals surface area contributed by atoms with Crippen LogP contribution in [0.2, 0.25) is 0 Å². The molecule has 0 aliphatic heterocycles. The largest absolute Gasteiger partial charge is 0.417 e. The van der Waals surface area contributed by atoms with E-state index in [0.717, 1.165) is 6.07 Å². The van der Waals surface area contributed by atoms with Crippen LogP contribution in [0.25, 0.3) is 83.9 Å². The predicted molar refractivity (Wildman–Crippen MR) is 221 cm³/mol. The highest BCUT2D eigenvalue weighted by Gasteiger charge is 2.39. The molecule has 0 amide bonds. The van der Waals surface area contributed by atoms with Crippen molar-refractivity contribution < 1.29 is 52.7 Å². The fraction of sp³-hybridized carbons (Fsp3) is 0.0816. The summed E-state index contributed by atoms with van der Waals surface area (Å²) in [6, 6.07) is 34.9. The van der Waals surface area contributed by atoms with Crippen LogP contribution in [-0.4, -0.2) is 19.5 Å². The van der Waals surface area contributed by atoms with Gasteiger partial charge in [-0.2, -0.15) is 52.7 Å². The number of benzene rings is 7. The Bertz CT molecular complexity index is 3170. The summed E-state index contributed by atoms with van der Waals surface area (Å²) in [7, 11) is 0. The van der Waals surface area contributed by atoms with Crippen molar-refractivity contribution in [2.75, 3.05) is 0 Å². The van der Waals surface area contributed by atoms with Crippen LogP contribution in [0.4, 0.5) is 52.7 Å². The van der Waals surface area contributed by atoms with Crippen LogP contribution in [0.15, 0.2) is 158 Å². The molecule has 0 saturated heterocycles. The van der Waals surface area contributed by atoms with Crippen molar-refractivity contribution in [2.24, 2.45) is 0 Å². The lowest BCUT2D eigenvalue weighted by atomic mass is 9.94. The number of hydrogen-bond acceptors (Lipinski definition) is 3. The number of halogens is 12. The molecule has 9 rings (SSSR count). The molecule has 4 nitrogen and oxygen atoms in total. The second-order valence-electron chi connectivity index (χ2n) is 14.9. The minimum Gasteiger partial charge on any atom is -0.309 e. The van der Waals surface area contributed by atoms with E-state index in [1.165, 1.54) is 36.4 Å². The number of fused-ring (bicyclic) bond motifs is 3. The van der Waals surface area contributed by atoms with E-state index in [1.807, 2.05) is 0 Å². The second kappa shape index (κ2) is 15.6. The summed E-state index contributed by atoms with van der Waals surface area (Å²) in [6.07, 6.45) is -20.6. The minimum atomic E-state index is -5.19. The van der Waals surface area contributed by atoms with Crippen molar-refractivity contribution in [3.05, 3.63) is 180 Å². The summed E-state index contributed by atoms with van der Waals surface area (Å²) in [5.41, 5.74) is -5.51. The molecule has 65 heavy (non-hydrogen) atoms. The van der Waals surface area contributed by atoms with Crippen molar-refractivity contribution in [1.29, 1.82) is 0 Å². The lowest BCUT2D eigenvalue weighted by Crippen LogP contribution is -2.12. The molecule has 0 atom stereocenters. The normalized spacial score (nSPS) is 12.6. The first-order valence-electron chi connectivity index (χ1n) is 19.4. The van der Waals surface area contributed by atoms with Gasteiger partial charge in [-0.25, -0.2) is 15.0 Å². The van der Waals surface area contributed by atoms with Gasteiger partial charge in [-0.1, -0.05) is 103 Å². The Morgan fingerprint density at radius 3 is 1.42 bits per heavy atom. The van der Waals surface area contributed by atoms with Crippen molar-refractivity contribution in [3.63, 3.8) is 0 Å². The van der Waals surface area contributed by atoms with Gasteiger partial charge < -0.3 is 4.57 Å².